The Labute approximate surface area is 202 Å². The monoisotopic (exact) mass is 455 g/mol. The minimum atomic E-state index is -0.524. The maximum atomic E-state index is 12.8. The third-order valence-electron chi connectivity index (χ3n) is 13.6. The molecule has 5 aliphatic rings. The molecule has 0 aromatic heterocycles. The summed E-state index contributed by atoms with van der Waals surface area (Å²) in [6, 6.07) is 0.313. The van der Waals surface area contributed by atoms with Gasteiger partial charge in [-0.2, -0.15) is 0 Å². The van der Waals surface area contributed by atoms with Gasteiger partial charge in [0.25, 0.3) is 0 Å². The molecule has 0 heterocycles. The van der Waals surface area contributed by atoms with Crippen molar-refractivity contribution in [1.82, 2.24) is 0 Å². The van der Waals surface area contributed by atoms with Gasteiger partial charge in [0.1, 0.15) is 0 Å². The average molecular weight is 456 g/mol. The lowest BCUT2D eigenvalue weighted by Gasteiger charge is -2.72. The standard InChI is InChI=1S/C30H49NO2/c1-18(2)19-10-15-30(25(32)33)17-16-28(6)20(24(19)30)8-9-22-27(5)13-12-23(31)26(3,4)21(27)11-14-29(22,28)7/h19-24H,1,8-17,31H2,2-7H3,(H,32,33)/t19-,20+,21?,22?,23-,24?,27-,28+,29+,30-/m0/s1. The van der Waals surface area contributed by atoms with E-state index in [1.165, 1.54) is 37.7 Å². The molecule has 0 spiro atoms. The van der Waals surface area contributed by atoms with Gasteiger partial charge in [-0.3, -0.25) is 4.79 Å². The van der Waals surface area contributed by atoms with Crippen LogP contribution in [0.1, 0.15) is 106 Å². The Morgan fingerprint density at radius 2 is 1.55 bits per heavy atom. The molecule has 0 aromatic carbocycles. The van der Waals surface area contributed by atoms with Crippen LogP contribution in [0.15, 0.2) is 12.2 Å². The van der Waals surface area contributed by atoms with Gasteiger partial charge in [0, 0.05) is 6.04 Å². The zero-order valence-corrected chi connectivity index (χ0v) is 22.2. The highest BCUT2D eigenvalue weighted by molar-refractivity contribution is 5.76. The van der Waals surface area contributed by atoms with Crippen molar-refractivity contribution in [2.75, 3.05) is 0 Å². The van der Waals surface area contributed by atoms with Crippen LogP contribution in [-0.4, -0.2) is 17.1 Å². The molecule has 5 rings (SSSR count). The third kappa shape index (κ3) is 2.75. The molecule has 0 radical (unpaired) electrons. The topological polar surface area (TPSA) is 63.3 Å². The van der Waals surface area contributed by atoms with Crippen LogP contribution >= 0.6 is 0 Å². The second-order valence-corrected chi connectivity index (χ2v) is 14.6. The van der Waals surface area contributed by atoms with Crippen LogP contribution in [0.2, 0.25) is 0 Å². The zero-order valence-electron chi connectivity index (χ0n) is 22.2. The van der Waals surface area contributed by atoms with E-state index in [-0.39, 0.29) is 22.2 Å². The van der Waals surface area contributed by atoms with Crippen molar-refractivity contribution in [3.63, 3.8) is 0 Å². The first-order valence-electron chi connectivity index (χ1n) is 13.9. The van der Waals surface area contributed by atoms with Crippen molar-refractivity contribution in [2.24, 2.45) is 62.4 Å². The summed E-state index contributed by atoms with van der Waals surface area (Å²) in [5, 5.41) is 10.5. The van der Waals surface area contributed by atoms with Crippen LogP contribution in [0.5, 0.6) is 0 Å². The Morgan fingerprint density at radius 1 is 0.848 bits per heavy atom. The largest absolute Gasteiger partial charge is 0.481 e. The number of carbonyl (C=O) groups is 1. The Hall–Kier alpha value is -0.830. The summed E-state index contributed by atoms with van der Waals surface area (Å²) in [5.74, 6) is 2.05. The Kier molecular flexibility index (Phi) is 5.15. The SMILES string of the molecule is C=C(C)[C@@H]1CC[C@]2(C(=O)O)CC[C@]3(C)[C@H](CCC4[C@@]5(C)CC[C@H](N)C(C)(C)C5CC[C@]43C)C12. The number of aliphatic carboxylic acids is 1. The summed E-state index contributed by atoms with van der Waals surface area (Å²) in [6.07, 6.45) is 11.3. The highest BCUT2D eigenvalue weighted by Gasteiger charge is 2.71. The van der Waals surface area contributed by atoms with Crippen LogP contribution in [0.3, 0.4) is 0 Å². The molecule has 10 atom stereocenters. The number of hydrogen-bond donors (Lipinski definition) is 2. The van der Waals surface area contributed by atoms with Crippen LogP contribution in [-0.2, 0) is 4.79 Å². The van der Waals surface area contributed by atoms with E-state index in [0.717, 1.165) is 38.0 Å². The van der Waals surface area contributed by atoms with E-state index in [1.807, 2.05) is 0 Å². The second kappa shape index (κ2) is 7.11. The van der Waals surface area contributed by atoms with Crippen LogP contribution in [0.4, 0.5) is 0 Å². The molecular formula is C30H49NO2. The smallest absolute Gasteiger partial charge is 0.309 e. The number of nitrogens with two attached hydrogens (primary N) is 1. The molecule has 3 nitrogen and oxygen atoms in total. The first-order chi connectivity index (χ1) is 15.3. The van der Waals surface area contributed by atoms with Crippen LogP contribution < -0.4 is 5.73 Å². The van der Waals surface area contributed by atoms with Gasteiger partial charge in [0.15, 0.2) is 0 Å². The molecule has 3 N–H and O–H groups in total. The molecule has 186 valence electrons. The zero-order chi connectivity index (χ0) is 24.2. The minimum Gasteiger partial charge on any atom is -0.481 e. The van der Waals surface area contributed by atoms with E-state index in [2.05, 4.69) is 48.1 Å². The van der Waals surface area contributed by atoms with Crippen molar-refractivity contribution < 1.29 is 9.90 Å². The van der Waals surface area contributed by atoms with E-state index in [0.29, 0.717) is 29.2 Å². The quantitative estimate of drug-likeness (QED) is 0.438. The number of rotatable bonds is 2. The normalized spacial score (nSPS) is 55.0. The highest BCUT2D eigenvalue weighted by atomic mass is 16.4. The Balaban J connectivity index is 1.57. The molecule has 5 saturated carbocycles. The molecule has 33 heavy (non-hydrogen) atoms. The molecule has 0 aliphatic heterocycles. The van der Waals surface area contributed by atoms with Gasteiger partial charge in [-0.25, -0.2) is 0 Å². The fourth-order valence-electron chi connectivity index (χ4n) is 11.5. The number of carboxylic acid groups (broad SMARTS) is 1. The molecular weight excluding hydrogens is 406 g/mol. The summed E-state index contributed by atoms with van der Waals surface area (Å²) in [5.41, 5.74) is 8.45. The van der Waals surface area contributed by atoms with E-state index in [9.17, 15) is 9.90 Å². The highest BCUT2D eigenvalue weighted by Crippen LogP contribution is 2.77. The molecule has 5 fully saturated rings. The van der Waals surface area contributed by atoms with Crippen molar-refractivity contribution in [2.45, 2.75) is 112 Å². The van der Waals surface area contributed by atoms with Gasteiger partial charge in [-0.1, -0.05) is 46.8 Å². The van der Waals surface area contributed by atoms with Crippen molar-refractivity contribution >= 4 is 5.97 Å². The van der Waals surface area contributed by atoms with E-state index in [1.54, 1.807) is 0 Å². The number of fused-ring (bicyclic) bond motifs is 7. The maximum Gasteiger partial charge on any atom is 0.309 e. The van der Waals surface area contributed by atoms with Gasteiger partial charge in [-0.15, -0.1) is 0 Å². The van der Waals surface area contributed by atoms with Crippen LogP contribution in [0, 0.1) is 56.7 Å². The maximum absolute atomic E-state index is 12.8. The lowest BCUT2D eigenvalue weighted by atomic mass is 9.32. The van der Waals surface area contributed by atoms with Crippen molar-refractivity contribution in [3.05, 3.63) is 12.2 Å². The predicted molar refractivity (Wildman–Crippen MR) is 135 cm³/mol. The van der Waals surface area contributed by atoms with Gasteiger partial charge >= 0.3 is 5.97 Å². The summed E-state index contributed by atoms with van der Waals surface area (Å²) < 4.78 is 0. The fraction of sp³-hybridized carbons (Fsp3) is 0.900. The van der Waals surface area contributed by atoms with Gasteiger partial charge in [-0.05, 0) is 122 Å². The number of carboxylic acids is 1. The number of allylic oxidation sites excluding steroid dienone is 1. The fourth-order valence-corrected chi connectivity index (χ4v) is 11.5. The van der Waals surface area contributed by atoms with Crippen molar-refractivity contribution in [3.8, 4) is 0 Å². The van der Waals surface area contributed by atoms with Gasteiger partial charge < -0.3 is 10.8 Å². The molecule has 0 amide bonds. The minimum absolute atomic E-state index is 0.202. The molecule has 0 aromatic rings. The predicted octanol–water partition coefficient (Wildman–Crippen LogP) is 7.06. The molecule has 5 aliphatic carbocycles. The average Bonchev–Trinajstić information content (AvgIpc) is 3.13. The van der Waals surface area contributed by atoms with E-state index >= 15 is 0 Å². The van der Waals surface area contributed by atoms with Gasteiger partial charge in [0.05, 0.1) is 5.41 Å². The second-order valence-electron chi connectivity index (χ2n) is 14.6. The van der Waals surface area contributed by atoms with Gasteiger partial charge in [0.2, 0.25) is 0 Å². The first kappa shape index (κ1) is 23.9. The van der Waals surface area contributed by atoms with E-state index < -0.39 is 11.4 Å². The van der Waals surface area contributed by atoms with Crippen LogP contribution in [0.25, 0.3) is 0 Å². The Morgan fingerprint density at radius 3 is 2.18 bits per heavy atom. The third-order valence-corrected chi connectivity index (χ3v) is 13.6. The Bertz CT molecular complexity index is 863. The lowest BCUT2D eigenvalue weighted by Crippen LogP contribution is -2.67. The number of hydrogen-bond acceptors (Lipinski definition) is 2. The van der Waals surface area contributed by atoms with Crippen molar-refractivity contribution in [1.29, 1.82) is 0 Å². The molecule has 0 bridgehead atoms. The lowest BCUT2D eigenvalue weighted by molar-refractivity contribution is -0.239. The molecule has 3 unspecified atom stereocenters. The summed E-state index contributed by atoms with van der Waals surface area (Å²) in [6.45, 7) is 19.2. The summed E-state index contributed by atoms with van der Waals surface area (Å²) in [4.78, 5) is 12.8. The first-order valence-corrected chi connectivity index (χ1v) is 13.9. The van der Waals surface area contributed by atoms with E-state index in [4.69, 9.17) is 5.73 Å². The summed E-state index contributed by atoms with van der Waals surface area (Å²) >= 11 is 0. The molecule has 3 heteroatoms. The summed E-state index contributed by atoms with van der Waals surface area (Å²) in [7, 11) is 0. The molecule has 0 saturated heterocycles.